The SMILES string of the molecule is CC(CC#N)N(C)C(=O)c1cccc(S(=O)(=O)N2CCc3sccc3C2)c1. The van der Waals surface area contributed by atoms with Crippen molar-refractivity contribution in [2.45, 2.75) is 37.2 Å². The summed E-state index contributed by atoms with van der Waals surface area (Å²) in [6.45, 7) is 2.58. The van der Waals surface area contributed by atoms with E-state index in [1.54, 1.807) is 37.4 Å². The van der Waals surface area contributed by atoms with E-state index >= 15 is 0 Å². The molecule has 0 radical (unpaired) electrons. The lowest BCUT2D eigenvalue weighted by molar-refractivity contribution is 0.0746. The van der Waals surface area contributed by atoms with Crippen LogP contribution in [0.15, 0.2) is 40.6 Å². The Labute approximate surface area is 163 Å². The van der Waals surface area contributed by atoms with Gasteiger partial charge in [-0.05, 0) is 48.6 Å². The molecule has 0 bridgehead atoms. The van der Waals surface area contributed by atoms with Crippen molar-refractivity contribution < 1.29 is 13.2 Å². The lowest BCUT2D eigenvalue weighted by atomic mass is 10.1. The Hall–Kier alpha value is -2.21. The molecule has 1 unspecified atom stereocenters. The molecule has 142 valence electrons. The fraction of sp³-hybridized carbons (Fsp3) is 0.368. The van der Waals surface area contributed by atoms with E-state index in [9.17, 15) is 13.2 Å². The van der Waals surface area contributed by atoms with Crippen molar-refractivity contribution in [2.75, 3.05) is 13.6 Å². The van der Waals surface area contributed by atoms with Crippen LogP contribution in [-0.2, 0) is 23.0 Å². The standard InChI is InChI=1S/C19H21N3O3S2/c1-14(6-9-20)21(2)19(23)15-4-3-5-17(12-15)27(24,25)22-10-7-18-16(13-22)8-11-26-18/h3-5,8,11-12,14H,6-7,10,13H2,1-2H3. The molecule has 0 aliphatic carbocycles. The number of thiophene rings is 1. The first-order valence-electron chi connectivity index (χ1n) is 8.64. The molecule has 8 heteroatoms. The summed E-state index contributed by atoms with van der Waals surface area (Å²) in [7, 11) is -2.06. The van der Waals surface area contributed by atoms with Crippen molar-refractivity contribution >= 4 is 27.3 Å². The third kappa shape index (κ3) is 3.90. The molecule has 3 rings (SSSR count). The number of hydrogen-bond acceptors (Lipinski definition) is 5. The molecular formula is C19H21N3O3S2. The minimum absolute atomic E-state index is 0.119. The minimum atomic E-state index is -3.68. The van der Waals surface area contributed by atoms with Crippen LogP contribution >= 0.6 is 11.3 Å². The van der Waals surface area contributed by atoms with Crippen LogP contribution in [-0.4, -0.2) is 43.2 Å². The van der Waals surface area contributed by atoms with Crippen LogP contribution in [0.2, 0.25) is 0 Å². The zero-order valence-electron chi connectivity index (χ0n) is 15.3. The number of rotatable bonds is 5. The van der Waals surface area contributed by atoms with Gasteiger partial charge in [0.25, 0.3) is 5.91 Å². The number of nitrogens with zero attached hydrogens (tertiary/aromatic N) is 3. The Kier molecular flexibility index (Phi) is 5.65. The van der Waals surface area contributed by atoms with E-state index in [0.29, 0.717) is 25.1 Å². The summed E-state index contributed by atoms with van der Waals surface area (Å²) in [5, 5.41) is 10.8. The lowest BCUT2D eigenvalue weighted by Crippen LogP contribution is -2.36. The number of sulfonamides is 1. The van der Waals surface area contributed by atoms with Crippen LogP contribution in [0.25, 0.3) is 0 Å². The maximum absolute atomic E-state index is 13.1. The Morgan fingerprint density at radius 3 is 2.93 bits per heavy atom. The van der Waals surface area contributed by atoms with Gasteiger partial charge >= 0.3 is 0 Å². The number of carbonyl (C=O) groups excluding carboxylic acids is 1. The third-order valence-electron chi connectivity index (χ3n) is 4.86. The second-order valence-electron chi connectivity index (χ2n) is 6.61. The second-order valence-corrected chi connectivity index (χ2v) is 9.55. The van der Waals surface area contributed by atoms with Gasteiger partial charge in [-0.2, -0.15) is 9.57 Å². The van der Waals surface area contributed by atoms with Crippen molar-refractivity contribution in [3.8, 4) is 6.07 Å². The molecule has 27 heavy (non-hydrogen) atoms. The van der Waals surface area contributed by atoms with Gasteiger partial charge in [0.2, 0.25) is 10.0 Å². The van der Waals surface area contributed by atoms with Gasteiger partial charge in [0.05, 0.1) is 17.4 Å². The average molecular weight is 404 g/mol. The fourth-order valence-corrected chi connectivity index (χ4v) is 5.39. The van der Waals surface area contributed by atoms with Crippen molar-refractivity contribution in [1.82, 2.24) is 9.21 Å². The molecule has 0 spiro atoms. The monoisotopic (exact) mass is 403 g/mol. The van der Waals surface area contributed by atoms with E-state index in [4.69, 9.17) is 5.26 Å². The van der Waals surface area contributed by atoms with E-state index in [-0.39, 0.29) is 23.3 Å². The van der Waals surface area contributed by atoms with E-state index in [2.05, 4.69) is 0 Å². The summed E-state index contributed by atoms with van der Waals surface area (Å²) >= 11 is 1.66. The Bertz CT molecular complexity index is 992. The first-order valence-corrected chi connectivity index (χ1v) is 11.0. The summed E-state index contributed by atoms with van der Waals surface area (Å²) in [6, 6.07) is 9.90. The number of carbonyl (C=O) groups is 1. The van der Waals surface area contributed by atoms with Crippen LogP contribution in [0.1, 0.15) is 34.1 Å². The van der Waals surface area contributed by atoms with E-state index in [1.807, 2.05) is 17.5 Å². The van der Waals surface area contributed by atoms with Crippen LogP contribution in [0, 0.1) is 11.3 Å². The van der Waals surface area contributed by atoms with Crippen LogP contribution in [0.5, 0.6) is 0 Å². The zero-order chi connectivity index (χ0) is 19.6. The highest BCUT2D eigenvalue weighted by Gasteiger charge is 2.29. The first kappa shape index (κ1) is 19.5. The molecule has 1 amide bonds. The van der Waals surface area contributed by atoms with Crippen molar-refractivity contribution in [2.24, 2.45) is 0 Å². The summed E-state index contributed by atoms with van der Waals surface area (Å²) in [4.78, 5) is 15.5. The van der Waals surface area contributed by atoms with E-state index in [0.717, 1.165) is 5.56 Å². The third-order valence-corrected chi connectivity index (χ3v) is 7.72. The molecule has 1 aliphatic heterocycles. The fourth-order valence-electron chi connectivity index (χ4n) is 3.04. The largest absolute Gasteiger partial charge is 0.338 e. The predicted octanol–water partition coefficient (Wildman–Crippen LogP) is 2.87. The van der Waals surface area contributed by atoms with Gasteiger partial charge in [-0.1, -0.05) is 6.07 Å². The van der Waals surface area contributed by atoms with E-state index < -0.39 is 10.0 Å². The molecule has 0 saturated carbocycles. The van der Waals surface area contributed by atoms with Gasteiger partial charge < -0.3 is 4.90 Å². The number of hydrogen-bond donors (Lipinski definition) is 0. The smallest absolute Gasteiger partial charge is 0.253 e. The summed E-state index contributed by atoms with van der Waals surface area (Å²) in [5.74, 6) is -0.298. The zero-order valence-corrected chi connectivity index (χ0v) is 16.9. The highest BCUT2D eigenvalue weighted by atomic mass is 32.2. The van der Waals surface area contributed by atoms with Crippen LogP contribution in [0.4, 0.5) is 0 Å². The Morgan fingerprint density at radius 1 is 1.41 bits per heavy atom. The first-order chi connectivity index (χ1) is 12.8. The molecule has 1 aromatic heterocycles. The van der Waals surface area contributed by atoms with E-state index in [1.165, 1.54) is 26.2 Å². The summed E-state index contributed by atoms with van der Waals surface area (Å²) in [6.07, 6.45) is 0.927. The summed E-state index contributed by atoms with van der Waals surface area (Å²) in [5.41, 5.74) is 1.35. The highest BCUT2D eigenvalue weighted by Crippen LogP contribution is 2.28. The minimum Gasteiger partial charge on any atom is -0.338 e. The molecular weight excluding hydrogens is 382 g/mol. The molecule has 1 aliphatic rings. The molecule has 0 N–H and O–H groups in total. The Balaban J connectivity index is 1.85. The van der Waals surface area contributed by atoms with Gasteiger partial charge in [-0.15, -0.1) is 11.3 Å². The van der Waals surface area contributed by atoms with Crippen molar-refractivity contribution in [1.29, 1.82) is 5.26 Å². The predicted molar refractivity (Wildman–Crippen MR) is 104 cm³/mol. The normalized spacial score (nSPS) is 15.6. The van der Waals surface area contributed by atoms with Crippen molar-refractivity contribution in [3.63, 3.8) is 0 Å². The number of nitriles is 1. The quantitative estimate of drug-likeness (QED) is 0.769. The van der Waals surface area contributed by atoms with Gasteiger partial charge in [0.15, 0.2) is 0 Å². The molecule has 0 fully saturated rings. The maximum atomic E-state index is 13.1. The molecule has 2 heterocycles. The van der Waals surface area contributed by atoms with Gasteiger partial charge in [0.1, 0.15) is 0 Å². The topological polar surface area (TPSA) is 81.5 Å². The van der Waals surface area contributed by atoms with Gasteiger partial charge in [-0.3, -0.25) is 4.79 Å². The molecule has 6 nitrogen and oxygen atoms in total. The average Bonchev–Trinajstić information content (AvgIpc) is 3.15. The molecule has 2 aromatic rings. The summed E-state index contributed by atoms with van der Waals surface area (Å²) < 4.78 is 27.6. The van der Waals surface area contributed by atoms with Crippen LogP contribution in [0.3, 0.4) is 0 Å². The number of amides is 1. The maximum Gasteiger partial charge on any atom is 0.253 e. The van der Waals surface area contributed by atoms with Crippen LogP contribution < -0.4 is 0 Å². The van der Waals surface area contributed by atoms with Gasteiger partial charge in [-0.25, -0.2) is 8.42 Å². The molecule has 1 aromatic carbocycles. The highest BCUT2D eigenvalue weighted by molar-refractivity contribution is 7.89. The number of fused-ring (bicyclic) bond motifs is 1. The van der Waals surface area contributed by atoms with Crippen molar-refractivity contribution in [3.05, 3.63) is 51.7 Å². The lowest BCUT2D eigenvalue weighted by Gasteiger charge is -2.27. The van der Waals surface area contributed by atoms with Gasteiger partial charge in [0, 0.05) is 36.6 Å². The number of benzene rings is 1. The Morgan fingerprint density at radius 2 is 2.19 bits per heavy atom. The molecule has 0 saturated heterocycles. The molecule has 1 atom stereocenters. The second kappa shape index (κ2) is 7.80.